The van der Waals surface area contributed by atoms with Crippen molar-refractivity contribution >= 4 is 76.8 Å². The van der Waals surface area contributed by atoms with E-state index in [2.05, 4.69) is 63.8 Å². The second-order valence-corrected chi connectivity index (χ2v) is 30.0. The van der Waals surface area contributed by atoms with E-state index in [0.717, 1.165) is 0 Å². The quantitative estimate of drug-likeness (QED) is 0.0521. The summed E-state index contributed by atoms with van der Waals surface area (Å²) in [6, 6.07) is -6.44. The minimum absolute atomic E-state index is 0.00449. The standard InChI is InChI=1S/C72H123N17O15/c1-38(2)33-49-64(95)78-47(25-18-30-75)62(93)86-55(41(7)8)68(99)77-37-54-58(90)59(104-54)71(102)84-51(35-40(5)6)65(96)79-48(26-19-31-76)63(94)87-56(42(9)10)69(100)80-45(23-16-28-73)61(92)83-50(34-39(3)4)66(97)85-52(36-44-21-14-13-15-22-44)72(103)89-32-20-27-53(89)67(98)88-57(43(11)12)70(101)81-46(24-17-29-74)60(91)82-49/h13-15,21-22,38-43,45-59,90H,16-20,23-37,73-76H2,1-12H3,(H,77,99)(H,78,95)(H,79,96)(H,80,100)(H,81,101)(H,82,91)(H,83,92)(H,84,102)(H,85,97)(H,86,93)(H,87,94)(H,88,98)/t45-,46-,47+,48-,49-,50-,51-,52+,53-,54+,55-,56-,57-,58+,59+/m0/s1. The molecule has 0 unspecified atom stereocenters. The zero-order valence-corrected chi connectivity index (χ0v) is 63.1. The van der Waals surface area contributed by atoms with Gasteiger partial charge in [0, 0.05) is 19.5 Å². The lowest BCUT2D eigenvalue weighted by Crippen LogP contribution is -2.66. The van der Waals surface area contributed by atoms with Crippen LogP contribution in [0.1, 0.15) is 172 Å². The molecule has 4 aliphatic rings. The molecule has 0 saturated carbocycles. The third-order valence-electron chi connectivity index (χ3n) is 18.6. The highest BCUT2D eigenvalue weighted by atomic mass is 16.6. The van der Waals surface area contributed by atoms with Gasteiger partial charge in [0.2, 0.25) is 70.9 Å². The van der Waals surface area contributed by atoms with Gasteiger partial charge in [-0.3, -0.25) is 62.3 Å². The van der Waals surface area contributed by atoms with Crippen LogP contribution in [-0.4, -0.2) is 217 Å². The van der Waals surface area contributed by atoms with Crippen LogP contribution < -0.4 is 86.7 Å². The van der Waals surface area contributed by atoms with Gasteiger partial charge in [-0.05, 0) is 151 Å². The monoisotopic (exact) mass is 1470 g/mol. The zero-order valence-electron chi connectivity index (χ0n) is 63.1. The van der Waals surface area contributed by atoms with Crippen molar-refractivity contribution in [3.63, 3.8) is 0 Å². The number of nitrogens with two attached hydrogens (primary N) is 4. The lowest BCUT2D eigenvalue weighted by molar-refractivity contribution is -0.217. The van der Waals surface area contributed by atoms with Crippen LogP contribution in [0.25, 0.3) is 0 Å². The Morgan fingerprint density at radius 1 is 0.413 bits per heavy atom. The fourth-order valence-corrected chi connectivity index (χ4v) is 12.7. The average Bonchev–Trinajstić information content (AvgIpc) is 0.971. The summed E-state index contributed by atoms with van der Waals surface area (Å²) in [5, 5.41) is 44.4. The molecule has 4 saturated heterocycles. The molecular weight excluding hydrogens is 1340 g/mol. The largest absolute Gasteiger partial charge is 0.387 e. The van der Waals surface area contributed by atoms with Gasteiger partial charge in [0.15, 0.2) is 6.10 Å². The minimum atomic E-state index is -1.50. The van der Waals surface area contributed by atoms with Crippen LogP contribution in [0.15, 0.2) is 30.3 Å². The van der Waals surface area contributed by atoms with Crippen molar-refractivity contribution < 1.29 is 72.2 Å². The molecule has 104 heavy (non-hydrogen) atoms. The van der Waals surface area contributed by atoms with Gasteiger partial charge in [-0.1, -0.05) is 113 Å². The lowest BCUT2D eigenvalue weighted by Gasteiger charge is -2.41. The zero-order chi connectivity index (χ0) is 77.7. The van der Waals surface area contributed by atoms with E-state index in [1.165, 1.54) is 4.90 Å². The van der Waals surface area contributed by atoms with Crippen molar-refractivity contribution in [2.24, 2.45) is 58.4 Å². The average molecular weight is 1470 g/mol. The third kappa shape index (κ3) is 27.9. The Labute approximate surface area is 612 Å². The number of nitrogens with zero attached hydrogens (tertiary/aromatic N) is 1. The fourth-order valence-electron chi connectivity index (χ4n) is 12.7. The first-order valence-electron chi connectivity index (χ1n) is 37.3. The van der Waals surface area contributed by atoms with Crippen molar-refractivity contribution in [2.75, 3.05) is 39.3 Å². The Morgan fingerprint density at radius 2 is 0.740 bits per heavy atom. The number of aliphatic hydroxyl groups excluding tert-OH is 1. The van der Waals surface area contributed by atoms with Crippen molar-refractivity contribution in [1.82, 2.24) is 68.7 Å². The number of ether oxygens (including phenoxy) is 1. The second-order valence-electron chi connectivity index (χ2n) is 30.0. The Balaban J connectivity index is 1.80. The van der Waals surface area contributed by atoms with Crippen LogP contribution in [0, 0.1) is 35.5 Å². The number of aliphatic hydroxyl groups is 1. The fraction of sp³-hybridized carbons (Fsp3) is 0.736. The number of nitrogens with one attached hydrogen (secondary N) is 12. The van der Waals surface area contributed by atoms with Gasteiger partial charge in [0.1, 0.15) is 84.7 Å². The summed E-state index contributed by atoms with van der Waals surface area (Å²) < 4.78 is 5.78. The van der Waals surface area contributed by atoms with Gasteiger partial charge >= 0.3 is 0 Å². The first-order valence-corrected chi connectivity index (χ1v) is 37.3. The molecular formula is C72H123N17O15. The van der Waals surface area contributed by atoms with Gasteiger partial charge in [0.25, 0.3) is 5.91 Å². The molecule has 1 aromatic carbocycles. The van der Waals surface area contributed by atoms with E-state index in [-0.39, 0.29) is 140 Å². The molecule has 4 heterocycles. The van der Waals surface area contributed by atoms with Gasteiger partial charge in [-0.25, -0.2) is 0 Å². The molecule has 32 nitrogen and oxygen atoms in total. The second kappa shape index (κ2) is 44.1. The predicted octanol–water partition coefficient (Wildman–Crippen LogP) is -2.13. The van der Waals surface area contributed by atoms with Crippen LogP contribution in [-0.2, 0) is 73.5 Å². The first-order chi connectivity index (χ1) is 49.2. The van der Waals surface area contributed by atoms with E-state index < -0.39 is 185 Å². The molecule has 13 amide bonds. The van der Waals surface area contributed by atoms with Crippen molar-refractivity contribution in [1.29, 1.82) is 0 Å². The first kappa shape index (κ1) is 88.5. The summed E-state index contributed by atoms with van der Waals surface area (Å²) in [5.74, 6) is -12.2. The molecule has 0 aliphatic carbocycles. The van der Waals surface area contributed by atoms with Crippen LogP contribution in [0.3, 0.4) is 0 Å². The Morgan fingerprint density at radius 3 is 1.11 bits per heavy atom. The molecule has 5 rings (SSSR count). The molecule has 1 aromatic rings. The highest BCUT2D eigenvalue weighted by Gasteiger charge is 2.48. The summed E-state index contributed by atoms with van der Waals surface area (Å²) >= 11 is 0. The number of fused-ring (bicyclic) bond motifs is 35. The molecule has 0 spiro atoms. The van der Waals surface area contributed by atoms with E-state index in [9.17, 15) is 62.6 Å². The minimum Gasteiger partial charge on any atom is -0.387 e. The Bertz CT molecular complexity index is 3010. The Hall–Kier alpha value is -7.91. The van der Waals surface area contributed by atoms with Crippen molar-refractivity contribution in [2.45, 2.75) is 264 Å². The topological polar surface area (TPSA) is 503 Å². The Kier molecular flexibility index (Phi) is 37.6. The maximum absolute atomic E-state index is 15.1. The molecule has 0 radical (unpaired) electrons. The number of rotatable bonds is 23. The van der Waals surface area contributed by atoms with Gasteiger partial charge in [-0.2, -0.15) is 0 Å². The molecule has 4 fully saturated rings. The maximum Gasteiger partial charge on any atom is 0.252 e. The summed E-state index contributed by atoms with van der Waals surface area (Å²) in [5.41, 5.74) is 24.3. The molecule has 586 valence electrons. The van der Waals surface area contributed by atoms with Gasteiger partial charge in [-0.15, -0.1) is 0 Å². The van der Waals surface area contributed by atoms with E-state index in [4.69, 9.17) is 27.7 Å². The highest BCUT2D eigenvalue weighted by molar-refractivity contribution is 6.00. The molecule has 21 N–H and O–H groups in total. The summed E-state index contributed by atoms with van der Waals surface area (Å²) in [6.07, 6.45) is -2.45. The molecule has 0 aromatic heterocycles. The number of carbonyl (C=O) groups excluding carboxylic acids is 13. The van der Waals surface area contributed by atoms with E-state index in [1.54, 1.807) is 85.7 Å². The maximum atomic E-state index is 15.1. The van der Waals surface area contributed by atoms with E-state index in [0.29, 0.717) is 12.0 Å². The number of carbonyl (C=O) groups is 13. The van der Waals surface area contributed by atoms with E-state index >= 15 is 4.79 Å². The number of hydrogen-bond donors (Lipinski definition) is 17. The summed E-state index contributed by atoms with van der Waals surface area (Å²) in [6.45, 7) is 21.1. The lowest BCUT2D eigenvalue weighted by atomic mass is 9.97. The molecule has 32 heteroatoms. The van der Waals surface area contributed by atoms with Crippen molar-refractivity contribution in [3.05, 3.63) is 35.9 Å². The predicted molar refractivity (Wildman–Crippen MR) is 390 cm³/mol. The smallest absolute Gasteiger partial charge is 0.252 e. The summed E-state index contributed by atoms with van der Waals surface area (Å²) in [7, 11) is 0. The SMILES string of the molecule is CC(C)C[C@@H]1NC(=O)[C@H](CCCN)NC(=O)[C@H](C(C)C)NC(=O)[C@@H]2CCCN2C(=O)[C@@H](Cc2ccccc2)NC(=O)[C@H](CC(C)C)NC(=O)[C@H](CCCN)NC(=O)[C@H](C(C)C)NC(=O)[C@H](CCCN)NC(=O)[C@H](CC(C)C)NC(=O)[C@@H]2O[C@H](CNC(=O)[C@H](C(C)C)NC(=O)[C@@H](CCCN)NC1=O)[C@H]2O. The van der Waals surface area contributed by atoms with Crippen molar-refractivity contribution in [3.8, 4) is 0 Å². The van der Waals surface area contributed by atoms with Crippen LogP contribution in [0.4, 0.5) is 0 Å². The highest BCUT2D eigenvalue weighted by Crippen LogP contribution is 2.24. The van der Waals surface area contributed by atoms with Gasteiger partial charge in [0.05, 0.1) is 0 Å². The molecule has 15 atom stereocenters. The van der Waals surface area contributed by atoms with E-state index in [1.807, 2.05) is 27.7 Å². The third-order valence-corrected chi connectivity index (χ3v) is 18.6. The van der Waals surface area contributed by atoms with Gasteiger partial charge < -0.3 is 101 Å². The molecule has 2 bridgehead atoms. The van der Waals surface area contributed by atoms with Crippen LogP contribution in [0.5, 0.6) is 0 Å². The summed E-state index contributed by atoms with van der Waals surface area (Å²) in [4.78, 5) is 189. The number of benzene rings is 1. The van der Waals surface area contributed by atoms with Crippen LogP contribution in [0.2, 0.25) is 0 Å². The normalized spacial score (nSPS) is 28.1. The number of amides is 13. The number of hydrogen-bond acceptors (Lipinski definition) is 19. The molecule has 4 aliphatic heterocycles. The van der Waals surface area contributed by atoms with Crippen LogP contribution >= 0.6 is 0 Å².